The highest BCUT2D eigenvalue weighted by Crippen LogP contribution is 2.40. The van der Waals surface area contributed by atoms with Gasteiger partial charge in [0, 0.05) is 16.1 Å². The summed E-state index contributed by atoms with van der Waals surface area (Å²) < 4.78 is 19.9. The number of piperidine rings is 1. The highest BCUT2D eigenvalue weighted by Gasteiger charge is 2.18. The standard InChI is InChI=1S/C31H35NO3S/c1-31(2,3)35-27-16-11-24(30-22-23-9-5-6-10-29(23)36-30)21-28(27)34-26-14-12-25(13-15-26)33-20-19-32-17-7-4-8-18-32/h5-6,9-16,21-22H,4,7-8,17-20H2,1-3H3. The second-order valence-electron chi connectivity index (χ2n) is 10.3. The summed E-state index contributed by atoms with van der Waals surface area (Å²) >= 11 is 1.79. The van der Waals surface area contributed by atoms with Gasteiger partial charge in [-0.2, -0.15) is 0 Å². The van der Waals surface area contributed by atoms with Crippen molar-refractivity contribution in [1.82, 2.24) is 4.90 Å². The Balaban J connectivity index is 1.31. The summed E-state index contributed by atoms with van der Waals surface area (Å²) in [5.74, 6) is 3.06. The van der Waals surface area contributed by atoms with Crippen LogP contribution in [0.15, 0.2) is 72.8 Å². The average Bonchev–Trinajstić information content (AvgIpc) is 3.30. The van der Waals surface area contributed by atoms with Crippen LogP contribution >= 0.6 is 11.3 Å². The predicted octanol–water partition coefficient (Wildman–Crippen LogP) is 8.40. The molecule has 36 heavy (non-hydrogen) atoms. The first-order valence-corrected chi connectivity index (χ1v) is 13.7. The van der Waals surface area contributed by atoms with Crippen LogP contribution in [0.1, 0.15) is 40.0 Å². The van der Waals surface area contributed by atoms with E-state index < -0.39 is 0 Å². The van der Waals surface area contributed by atoms with Crippen LogP contribution in [0.4, 0.5) is 0 Å². The number of thiophene rings is 1. The monoisotopic (exact) mass is 501 g/mol. The molecule has 5 rings (SSSR count). The third-order valence-electron chi connectivity index (χ3n) is 6.25. The van der Waals surface area contributed by atoms with Gasteiger partial charge in [-0.3, -0.25) is 4.90 Å². The van der Waals surface area contributed by atoms with Crippen molar-refractivity contribution >= 4 is 21.4 Å². The molecule has 1 aliphatic rings. The van der Waals surface area contributed by atoms with Crippen molar-refractivity contribution in [3.8, 4) is 33.4 Å². The van der Waals surface area contributed by atoms with Gasteiger partial charge in [-0.05, 0) is 112 Å². The smallest absolute Gasteiger partial charge is 0.169 e. The van der Waals surface area contributed by atoms with Gasteiger partial charge in [-0.15, -0.1) is 11.3 Å². The third-order valence-corrected chi connectivity index (χ3v) is 7.41. The van der Waals surface area contributed by atoms with Crippen molar-refractivity contribution in [2.75, 3.05) is 26.2 Å². The second kappa shape index (κ2) is 10.9. The Bertz CT molecular complexity index is 1250. The lowest BCUT2D eigenvalue weighted by Gasteiger charge is -2.26. The lowest BCUT2D eigenvalue weighted by atomic mass is 10.1. The van der Waals surface area contributed by atoms with E-state index in [0.717, 1.165) is 29.4 Å². The molecule has 0 spiro atoms. The largest absolute Gasteiger partial charge is 0.492 e. The molecule has 2 heterocycles. The summed E-state index contributed by atoms with van der Waals surface area (Å²) in [6.07, 6.45) is 3.96. The van der Waals surface area contributed by atoms with Gasteiger partial charge in [0.1, 0.15) is 23.7 Å². The molecule has 0 unspecified atom stereocenters. The number of fused-ring (bicyclic) bond motifs is 1. The lowest BCUT2D eigenvalue weighted by Crippen LogP contribution is -2.33. The van der Waals surface area contributed by atoms with Crippen LogP contribution in [0, 0.1) is 0 Å². The fraction of sp³-hybridized carbons (Fsp3) is 0.355. The fourth-order valence-corrected chi connectivity index (χ4v) is 5.54. The van der Waals surface area contributed by atoms with Crippen LogP contribution in [0.3, 0.4) is 0 Å². The molecule has 0 N–H and O–H groups in total. The molecule has 188 valence electrons. The summed E-state index contributed by atoms with van der Waals surface area (Å²) in [5.41, 5.74) is 0.786. The van der Waals surface area contributed by atoms with Crippen molar-refractivity contribution < 1.29 is 14.2 Å². The van der Waals surface area contributed by atoms with Gasteiger partial charge >= 0.3 is 0 Å². The van der Waals surface area contributed by atoms with Crippen molar-refractivity contribution in [1.29, 1.82) is 0 Å². The maximum absolute atomic E-state index is 6.36. The molecule has 0 atom stereocenters. The summed E-state index contributed by atoms with van der Waals surface area (Å²) in [5, 5.41) is 1.26. The number of rotatable bonds is 8. The van der Waals surface area contributed by atoms with Crippen LogP contribution in [-0.4, -0.2) is 36.7 Å². The molecule has 1 aromatic heterocycles. The molecular formula is C31H35NO3S. The topological polar surface area (TPSA) is 30.9 Å². The van der Waals surface area contributed by atoms with Gasteiger partial charge in [0.05, 0.1) is 0 Å². The molecule has 0 saturated carbocycles. The van der Waals surface area contributed by atoms with E-state index in [0.29, 0.717) is 12.4 Å². The molecule has 0 radical (unpaired) electrons. The summed E-state index contributed by atoms with van der Waals surface area (Å²) in [7, 11) is 0. The molecule has 3 aromatic carbocycles. The Morgan fingerprint density at radius 2 is 1.56 bits per heavy atom. The van der Waals surface area contributed by atoms with Crippen molar-refractivity contribution in [3.05, 3.63) is 72.8 Å². The Labute approximate surface area is 218 Å². The molecule has 0 aliphatic carbocycles. The van der Waals surface area contributed by atoms with Gasteiger partial charge in [-0.25, -0.2) is 0 Å². The number of nitrogens with zero attached hydrogens (tertiary/aromatic N) is 1. The normalized spacial score (nSPS) is 14.6. The summed E-state index contributed by atoms with van der Waals surface area (Å²) in [6, 6.07) is 24.8. The number of likely N-dealkylation sites (tertiary alicyclic amines) is 1. The molecule has 1 aliphatic heterocycles. The van der Waals surface area contributed by atoms with E-state index in [1.54, 1.807) is 11.3 Å². The Morgan fingerprint density at radius 3 is 2.31 bits per heavy atom. The van der Waals surface area contributed by atoms with E-state index in [2.05, 4.69) is 47.4 Å². The van der Waals surface area contributed by atoms with E-state index in [9.17, 15) is 0 Å². The number of ether oxygens (including phenoxy) is 3. The Kier molecular flexibility index (Phi) is 7.49. The third kappa shape index (κ3) is 6.40. The predicted molar refractivity (Wildman–Crippen MR) is 150 cm³/mol. The minimum atomic E-state index is -0.330. The molecule has 0 bridgehead atoms. The van der Waals surface area contributed by atoms with Crippen LogP contribution in [0.2, 0.25) is 0 Å². The van der Waals surface area contributed by atoms with Gasteiger partial charge in [0.25, 0.3) is 0 Å². The maximum Gasteiger partial charge on any atom is 0.169 e. The molecule has 4 aromatic rings. The molecule has 4 nitrogen and oxygen atoms in total. The number of benzene rings is 3. The maximum atomic E-state index is 6.36. The molecule has 5 heteroatoms. The SMILES string of the molecule is CC(C)(C)Oc1ccc(-c2cc3ccccc3s2)cc1Oc1ccc(OCCN2CCCCC2)cc1. The molecular weight excluding hydrogens is 466 g/mol. The van der Waals surface area contributed by atoms with Crippen molar-refractivity contribution in [3.63, 3.8) is 0 Å². The first-order valence-electron chi connectivity index (χ1n) is 12.9. The molecule has 1 fully saturated rings. The van der Waals surface area contributed by atoms with Crippen LogP contribution < -0.4 is 14.2 Å². The van der Waals surface area contributed by atoms with Crippen molar-refractivity contribution in [2.24, 2.45) is 0 Å². The average molecular weight is 502 g/mol. The summed E-state index contributed by atoms with van der Waals surface area (Å²) in [4.78, 5) is 3.70. The van der Waals surface area contributed by atoms with Gasteiger partial charge in [0.15, 0.2) is 11.5 Å². The first-order chi connectivity index (χ1) is 17.4. The highest BCUT2D eigenvalue weighted by molar-refractivity contribution is 7.22. The summed E-state index contributed by atoms with van der Waals surface area (Å²) in [6.45, 7) is 10.2. The first kappa shape index (κ1) is 24.7. The van der Waals surface area contributed by atoms with Crippen LogP contribution in [-0.2, 0) is 0 Å². The Hall–Kier alpha value is -3.02. The van der Waals surface area contributed by atoms with Gasteiger partial charge in [0.2, 0.25) is 0 Å². The van der Waals surface area contributed by atoms with E-state index in [1.807, 2.05) is 51.1 Å². The Morgan fingerprint density at radius 1 is 0.806 bits per heavy atom. The van der Waals surface area contributed by atoms with Gasteiger partial charge < -0.3 is 14.2 Å². The van der Waals surface area contributed by atoms with E-state index in [4.69, 9.17) is 14.2 Å². The van der Waals surface area contributed by atoms with Crippen molar-refractivity contribution in [2.45, 2.75) is 45.6 Å². The zero-order valence-corrected chi connectivity index (χ0v) is 22.3. The zero-order chi connectivity index (χ0) is 25.0. The van der Waals surface area contributed by atoms with E-state index in [1.165, 1.54) is 47.3 Å². The molecule has 0 amide bonds. The lowest BCUT2D eigenvalue weighted by molar-refractivity contribution is 0.126. The highest BCUT2D eigenvalue weighted by atomic mass is 32.1. The number of hydrogen-bond donors (Lipinski definition) is 0. The minimum Gasteiger partial charge on any atom is -0.492 e. The van der Waals surface area contributed by atoms with Gasteiger partial charge in [-0.1, -0.05) is 24.6 Å². The van der Waals surface area contributed by atoms with E-state index in [-0.39, 0.29) is 5.60 Å². The van der Waals surface area contributed by atoms with Crippen LogP contribution in [0.5, 0.6) is 23.0 Å². The second-order valence-corrected chi connectivity index (χ2v) is 11.4. The number of hydrogen-bond acceptors (Lipinski definition) is 5. The van der Waals surface area contributed by atoms with Crippen LogP contribution in [0.25, 0.3) is 20.5 Å². The molecule has 1 saturated heterocycles. The minimum absolute atomic E-state index is 0.330. The quantitative estimate of drug-likeness (QED) is 0.242. The fourth-order valence-electron chi connectivity index (χ4n) is 4.49. The zero-order valence-electron chi connectivity index (χ0n) is 21.5. The van der Waals surface area contributed by atoms with E-state index >= 15 is 0 Å².